The molecule has 0 aromatic carbocycles. The third kappa shape index (κ3) is 3.21. The summed E-state index contributed by atoms with van der Waals surface area (Å²) in [6.45, 7) is 3.77. The molecule has 100 valence electrons. The van der Waals surface area contributed by atoms with Gasteiger partial charge < -0.3 is 15.8 Å². The van der Waals surface area contributed by atoms with Gasteiger partial charge in [0, 0.05) is 12.3 Å². The van der Waals surface area contributed by atoms with E-state index in [-0.39, 0.29) is 23.5 Å². The van der Waals surface area contributed by atoms with E-state index in [4.69, 9.17) is 10.5 Å². The molecule has 0 aliphatic carbocycles. The van der Waals surface area contributed by atoms with E-state index in [2.05, 4.69) is 20.5 Å². The van der Waals surface area contributed by atoms with Gasteiger partial charge in [-0.3, -0.25) is 9.89 Å². The molecule has 0 unspecified atom stereocenters. The summed E-state index contributed by atoms with van der Waals surface area (Å²) in [6, 6.07) is 4.88. The first-order chi connectivity index (χ1) is 9.06. The van der Waals surface area contributed by atoms with Crippen molar-refractivity contribution in [2.75, 3.05) is 11.1 Å². The van der Waals surface area contributed by atoms with Crippen molar-refractivity contribution >= 4 is 17.4 Å². The van der Waals surface area contributed by atoms with Crippen LogP contribution in [0.1, 0.15) is 24.3 Å². The zero-order valence-corrected chi connectivity index (χ0v) is 10.7. The Morgan fingerprint density at radius 3 is 2.95 bits per heavy atom. The highest BCUT2D eigenvalue weighted by molar-refractivity contribution is 6.03. The van der Waals surface area contributed by atoms with Gasteiger partial charge in [0.15, 0.2) is 0 Å². The highest BCUT2D eigenvalue weighted by Gasteiger charge is 2.13. The van der Waals surface area contributed by atoms with Crippen LogP contribution in [0.3, 0.4) is 0 Å². The quantitative estimate of drug-likeness (QED) is 0.771. The summed E-state index contributed by atoms with van der Waals surface area (Å²) in [5, 5.41) is 8.92. The summed E-state index contributed by atoms with van der Waals surface area (Å²) in [5.41, 5.74) is 6.22. The van der Waals surface area contributed by atoms with Crippen LogP contribution in [0, 0.1) is 0 Å². The normalized spacial score (nSPS) is 10.5. The maximum Gasteiger partial charge on any atom is 0.273 e. The summed E-state index contributed by atoms with van der Waals surface area (Å²) in [4.78, 5) is 16.0. The van der Waals surface area contributed by atoms with E-state index in [1.54, 1.807) is 18.3 Å². The van der Waals surface area contributed by atoms with Gasteiger partial charge in [-0.2, -0.15) is 5.10 Å². The number of pyridine rings is 1. The second-order valence-corrected chi connectivity index (χ2v) is 4.18. The van der Waals surface area contributed by atoms with Crippen molar-refractivity contribution in [1.82, 2.24) is 15.2 Å². The first-order valence-corrected chi connectivity index (χ1v) is 5.80. The SMILES string of the molecule is CC(C)Oc1ncccc1NC(=O)c1cc(N)n[nH]1. The average molecular weight is 261 g/mol. The van der Waals surface area contributed by atoms with Crippen LogP contribution in [0.5, 0.6) is 5.88 Å². The number of rotatable bonds is 4. The van der Waals surface area contributed by atoms with Gasteiger partial charge in [-0.05, 0) is 26.0 Å². The number of aromatic nitrogens is 3. The largest absolute Gasteiger partial charge is 0.473 e. The number of carbonyl (C=O) groups is 1. The van der Waals surface area contributed by atoms with Crippen LogP contribution < -0.4 is 15.8 Å². The van der Waals surface area contributed by atoms with Gasteiger partial charge in [-0.25, -0.2) is 4.98 Å². The maximum atomic E-state index is 11.9. The predicted molar refractivity (Wildman–Crippen MR) is 71.0 cm³/mol. The number of aromatic amines is 1. The lowest BCUT2D eigenvalue weighted by Gasteiger charge is -2.12. The highest BCUT2D eigenvalue weighted by Crippen LogP contribution is 2.22. The molecule has 0 bridgehead atoms. The van der Waals surface area contributed by atoms with Crippen molar-refractivity contribution < 1.29 is 9.53 Å². The van der Waals surface area contributed by atoms with Crippen LogP contribution in [0.25, 0.3) is 0 Å². The number of ether oxygens (including phenoxy) is 1. The second kappa shape index (κ2) is 5.38. The number of anilines is 2. The molecule has 19 heavy (non-hydrogen) atoms. The summed E-state index contributed by atoms with van der Waals surface area (Å²) >= 11 is 0. The van der Waals surface area contributed by atoms with Crippen molar-refractivity contribution in [1.29, 1.82) is 0 Å². The molecule has 0 saturated carbocycles. The summed E-state index contributed by atoms with van der Waals surface area (Å²) < 4.78 is 5.51. The number of nitrogens with zero attached hydrogens (tertiary/aromatic N) is 2. The standard InChI is InChI=1S/C12H15N5O2/c1-7(2)19-12-8(4-3-5-14-12)15-11(18)9-6-10(13)17-16-9/h3-7H,1-2H3,(H,15,18)(H3,13,16,17). The highest BCUT2D eigenvalue weighted by atomic mass is 16.5. The zero-order valence-electron chi connectivity index (χ0n) is 10.7. The monoisotopic (exact) mass is 261 g/mol. The Balaban J connectivity index is 2.16. The van der Waals surface area contributed by atoms with E-state index >= 15 is 0 Å². The number of H-pyrrole nitrogens is 1. The molecule has 2 heterocycles. The lowest BCUT2D eigenvalue weighted by molar-refractivity contribution is 0.102. The minimum absolute atomic E-state index is 0.0339. The topological polar surface area (TPSA) is 106 Å². The fourth-order valence-corrected chi connectivity index (χ4v) is 1.45. The van der Waals surface area contributed by atoms with Crippen LogP contribution >= 0.6 is 0 Å². The molecule has 2 rings (SSSR count). The van der Waals surface area contributed by atoms with E-state index in [0.29, 0.717) is 11.6 Å². The lowest BCUT2D eigenvalue weighted by Crippen LogP contribution is -2.15. The Bertz CT molecular complexity index is 579. The van der Waals surface area contributed by atoms with Crippen LogP contribution in [-0.4, -0.2) is 27.2 Å². The van der Waals surface area contributed by atoms with Gasteiger partial charge >= 0.3 is 0 Å². The van der Waals surface area contributed by atoms with Crippen molar-refractivity contribution in [2.45, 2.75) is 20.0 Å². The number of hydrogen-bond donors (Lipinski definition) is 3. The molecule has 2 aromatic rings. The van der Waals surface area contributed by atoms with E-state index < -0.39 is 0 Å². The fraction of sp³-hybridized carbons (Fsp3) is 0.250. The Morgan fingerprint density at radius 2 is 2.32 bits per heavy atom. The van der Waals surface area contributed by atoms with Crippen LogP contribution in [0.4, 0.5) is 11.5 Å². The molecule has 0 radical (unpaired) electrons. The van der Waals surface area contributed by atoms with Gasteiger partial charge in [0.2, 0.25) is 5.88 Å². The molecule has 7 heteroatoms. The van der Waals surface area contributed by atoms with Crippen molar-refractivity contribution in [3.63, 3.8) is 0 Å². The van der Waals surface area contributed by atoms with Gasteiger partial charge in [-0.15, -0.1) is 0 Å². The van der Waals surface area contributed by atoms with Crippen LogP contribution in [0.15, 0.2) is 24.4 Å². The Morgan fingerprint density at radius 1 is 1.53 bits per heavy atom. The third-order valence-electron chi connectivity index (χ3n) is 2.21. The molecule has 0 saturated heterocycles. The van der Waals surface area contributed by atoms with E-state index in [9.17, 15) is 4.79 Å². The third-order valence-corrected chi connectivity index (χ3v) is 2.21. The van der Waals surface area contributed by atoms with Gasteiger partial charge in [0.25, 0.3) is 5.91 Å². The average Bonchev–Trinajstić information content (AvgIpc) is 2.78. The summed E-state index contributed by atoms with van der Waals surface area (Å²) in [7, 11) is 0. The number of carbonyl (C=O) groups excluding carboxylic acids is 1. The first-order valence-electron chi connectivity index (χ1n) is 5.80. The number of nitrogens with two attached hydrogens (primary N) is 1. The number of nitrogens with one attached hydrogen (secondary N) is 2. The Hall–Kier alpha value is -2.57. The maximum absolute atomic E-state index is 11.9. The minimum Gasteiger partial charge on any atom is -0.473 e. The Labute approximate surface area is 110 Å². The van der Waals surface area contributed by atoms with Gasteiger partial charge in [-0.1, -0.05) is 0 Å². The van der Waals surface area contributed by atoms with Crippen molar-refractivity contribution in [3.05, 3.63) is 30.1 Å². The van der Waals surface area contributed by atoms with Crippen LogP contribution in [0.2, 0.25) is 0 Å². The predicted octanol–water partition coefficient (Wildman–Crippen LogP) is 1.43. The number of nitrogen functional groups attached to an aromatic ring is 1. The minimum atomic E-state index is -0.356. The van der Waals surface area contributed by atoms with E-state index in [1.165, 1.54) is 6.07 Å². The van der Waals surface area contributed by atoms with Gasteiger partial charge in [0.1, 0.15) is 17.2 Å². The molecule has 4 N–H and O–H groups in total. The molecule has 7 nitrogen and oxygen atoms in total. The molecule has 0 aliphatic heterocycles. The number of amides is 1. The second-order valence-electron chi connectivity index (χ2n) is 4.18. The van der Waals surface area contributed by atoms with E-state index in [0.717, 1.165) is 0 Å². The van der Waals surface area contributed by atoms with Gasteiger partial charge in [0.05, 0.1) is 6.10 Å². The molecular formula is C12H15N5O2. The van der Waals surface area contributed by atoms with Crippen molar-refractivity contribution in [3.8, 4) is 5.88 Å². The fourth-order valence-electron chi connectivity index (χ4n) is 1.45. The molecule has 0 spiro atoms. The molecule has 0 atom stereocenters. The molecule has 2 aromatic heterocycles. The lowest BCUT2D eigenvalue weighted by atomic mass is 10.3. The van der Waals surface area contributed by atoms with Crippen molar-refractivity contribution in [2.24, 2.45) is 0 Å². The molecule has 0 aliphatic rings. The van der Waals surface area contributed by atoms with E-state index in [1.807, 2.05) is 13.8 Å². The summed E-state index contributed by atoms with van der Waals surface area (Å²) in [6.07, 6.45) is 1.56. The smallest absolute Gasteiger partial charge is 0.273 e. The molecule has 1 amide bonds. The Kier molecular flexibility index (Phi) is 3.65. The van der Waals surface area contributed by atoms with Crippen LogP contribution in [-0.2, 0) is 0 Å². The summed E-state index contributed by atoms with van der Waals surface area (Å²) in [5.74, 6) is 0.277. The molecule has 0 fully saturated rings. The molecular weight excluding hydrogens is 246 g/mol. The zero-order chi connectivity index (χ0) is 13.8. The first kappa shape index (κ1) is 12.9. The number of hydrogen-bond acceptors (Lipinski definition) is 5.